The molecular weight excluding hydrogens is 224 g/mol. The van der Waals surface area contributed by atoms with Crippen molar-refractivity contribution in [3.8, 4) is 0 Å². The van der Waals surface area contributed by atoms with Crippen LogP contribution in [0.4, 0.5) is 0 Å². The third-order valence-electron chi connectivity index (χ3n) is 5.00. The Kier molecular flexibility index (Phi) is 5.05. The maximum atomic E-state index is 6.18. The van der Waals surface area contributed by atoms with E-state index in [1.807, 2.05) is 0 Å². The van der Waals surface area contributed by atoms with Crippen LogP contribution in [-0.4, -0.2) is 43.3 Å². The van der Waals surface area contributed by atoms with Gasteiger partial charge in [0.2, 0.25) is 0 Å². The van der Waals surface area contributed by atoms with Crippen LogP contribution in [0.3, 0.4) is 0 Å². The van der Waals surface area contributed by atoms with Crippen molar-refractivity contribution in [3.63, 3.8) is 0 Å². The van der Waals surface area contributed by atoms with Gasteiger partial charge in [-0.1, -0.05) is 26.7 Å². The molecule has 1 saturated carbocycles. The predicted molar refractivity (Wildman–Crippen MR) is 75.6 cm³/mol. The summed E-state index contributed by atoms with van der Waals surface area (Å²) >= 11 is 0. The van der Waals surface area contributed by atoms with Crippen molar-refractivity contribution in [2.24, 2.45) is 17.6 Å². The van der Waals surface area contributed by atoms with E-state index in [2.05, 4.69) is 18.7 Å². The van der Waals surface area contributed by atoms with Gasteiger partial charge in [0.15, 0.2) is 0 Å². The Labute approximate surface area is 112 Å². The molecule has 1 aliphatic heterocycles. The van der Waals surface area contributed by atoms with Crippen LogP contribution in [0.5, 0.6) is 0 Å². The Morgan fingerprint density at radius 2 is 2.22 bits per heavy atom. The monoisotopic (exact) mass is 254 g/mol. The van der Waals surface area contributed by atoms with Crippen LogP contribution in [0.1, 0.15) is 46.0 Å². The summed E-state index contributed by atoms with van der Waals surface area (Å²) in [7, 11) is 0. The molecule has 0 amide bonds. The fraction of sp³-hybridized carbons (Fsp3) is 1.00. The highest BCUT2D eigenvalue weighted by Crippen LogP contribution is 2.37. The highest BCUT2D eigenvalue weighted by atomic mass is 16.5. The van der Waals surface area contributed by atoms with Gasteiger partial charge in [0.1, 0.15) is 0 Å². The Balaban J connectivity index is 2.02. The third kappa shape index (κ3) is 3.06. The van der Waals surface area contributed by atoms with E-state index in [4.69, 9.17) is 10.5 Å². The second-order valence-corrected chi connectivity index (χ2v) is 6.40. The van der Waals surface area contributed by atoms with Gasteiger partial charge in [-0.25, -0.2) is 0 Å². The molecule has 0 aromatic rings. The first-order valence-corrected chi connectivity index (χ1v) is 7.73. The lowest BCUT2D eigenvalue weighted by Gasteiger charge is -2.48. The summed E-state index contributed by atoms with van der Waals surface area (Å²) in [5, 5.41) is 0. The van der Waals surface area contributed by atoms with Crippen molar-refractivity contribution in [2.75, 3.05) is 32.8 Å². The van der Waals surface area contributed by atoms with Gasteiger partial charge in [-0.05, 0) is 37.6 Å². The molecular formula is C15H30N2O. The molecule has 0 bridgehead atoms. The van der Waals surface area contributed by atoms with E-state index in [-0.39, 0.29) is 5.54 Å². The Morgan fingerprint density at radius 3 is 2.78 bits per heavy atom. The number of likely N-dealkylation sites (N-methyl/N-ethyl adjacent to an activating group) is 1. The molecule has 2 fully saturated rings. The number of rotatable bonds is 5. The van der Waals surface area contributed by atoms with Gasteiger partial charge in [-0.15, -0.1) is 0 Å². The molecule has 2 rings (SSSR count). The molecule has 1 saturated heterocycles. The zero-order valence-electron chi connectivity index (χ0n) is 12.2. The Bertz CT molecular complexity index is 253. The molecule has 0 radical (unpaired) electrons. The van der Waals surface area contributed by atoms with Crippen molar-refractivity contribution in [1.29, 1.82) is 0 Å². The topological polar surface area (TPSA) is 38.5 Å². The van der Waals surface area contributed by atoms with Gasteiger partial charge < -0.3 is 10.5 Å². The fourth-order valence-corrected chi connectivity index (χ4v) is 3.93. The van der Waals surface area contributed by atoms with Crippen molar-refractivity contribution in [2.45, 2.75) is 51.5 Å². The SMILES string of the molecule is CCN(CC1CCOC1)C1(CN)CCCC(C)C1. The highest BCUT2D eigenvalue weighted by Gasteiger charge is 2.39. The number of nitrogens with two attached hydrogens (primary N) is 1. The van der Waals surface area contributed by atoms with E-state index in [1.165, 1.54) is 38.6 Å². The van der Waals surface area contributed by atoms with Gasteiger partial charge in [0, 0.05) is 25.2 Å². The molecule has 3 nitrogen and oxygen atoms in total. The molecule has 1 aliphatic carbocycles. The summed E-state index contributed by atoms with van der Waals surface area (Å²) in [6.07, 6.45) is 6.52. The molecule has 0 aromatic carbocycles. The van der Waals surface area contributed by atoms with Crippen LogP contribution < -0.4 is 5.73 Å². The van der Waals surface area contributed by atoms with Gasteiger partial charge >= 0.3 is 0 Å². The van der Waals surface area contributed by atoms with Crippen LogP contribution in [0.25, 0.3) is 0 Å². The molecule has 0 aromatic heterocycles. The zero-order chi connectivity index (χ0) is 13.0. The van der Waals surface area contributed by atoms with E-state index < -0.39 is 0 Å². The zero-order valence-corrected chi connectivity index (χ0v) is 12.2. The lowest BCUT2D eigenvalue weighted by Crippen LogP contribution is -2.57. The van der Waals surface area contributed by atoms with Gasteiger partial charge in [0.05, 0.1) is 6.61 Å². The normalized spacial score (nSPS) is 37.3. The summed E-state index contributed by atoms with van der Waals surface area (Å²) < 4.78 is 5.52. The minimum absolute atomic E-state index is 0.273. The molecule has 2 aliphatic rings. The second-order valence-electron chi connectivity index (χ2n) is 6.40. The highest BCUT2D eigenvalue weighted by molar-refractivity contribution is 4.96. The Morgan fingerprint density at radius 1 is 1.39 bits per heavy atom. The van der Waals surface area contributed by atoms with Crippen LogP contribution in [0, 0.1) is 11.8 Å². The molecule has 3 heteroatoms. The first-order valence-electron chi connectivity index (χ1n) is 7.73. The first-order chi connectivity index (χ1) is 8.70. The largest absolute Gasteiger partial charge is 0.381 e. The van der Waals surface area contributed by atoms with Crippen molar-refractivity contribution >= 4 is 0 Å². The van der Waals surface area contributed by atoms with E-state index in [1.54, 1.807) is 0 Å². The van der Waals surface area contributed by atoms with Crippen molar-refractivity contribution in [1.82, 2.24) is 4.90 Å². The number of ether oxygens (including phenoxy) is 1. The standard InChI is InChI=1S/C15H30N2O/c1-3-17(10-14-6-8-18-11-14)15(12-16)7-4-5-13(2)9-15/h13-14H,3-12,16H2,1-2H3. The molecule has 0 spiro atoms. The first kappa shape index (κ1) is 14.3. The van der Waals surface area contributed by atoms with Crippen molar-refractivity contribution < 1.29 is 4.74 Å². The maximum Gasteiger partial charge on any atom is 0.0507 e. The molecule has 3 unspecified atom stereocenters. The second kappa shape index (κ2) is 6.36. The van der Waals surface area contributed by atoms with Crippen LogP contribution in [-0.2, 0) is 4.74 Å². The summed E-state index contributed by atoms with van der Waals surface area (Å²) in [4.78, 5) is 2.67. The molecule has 2 N–H and O–H groups in total. The average Bonchev–Trinajstić information content (AvgIpc) is 2.88. The van der Waals surface area contributed by atoms with Gasteiger partial charge in [-0.2, -0.15) is 0 Å². The third-order valence-corrected chi connectivity index (χ3v) is 5.00. The van der Waals surface area contributed by atoms with E-state index in [0.717, 1.165) is 38.1 Å². The molecule has 106 valence electrons. The van der Waals surface area contributed by atoms with E-state index in [9.17, 15) is 0 Å². The van der Waals surface area contributed by atoms with Crippen LogP contribution in [0.15, 0.2) is 0 Å². The molecule has 1 heterocycles. The lowest BCUT2D eigenvalue weighted by molar-refractivity contribution is 0.0290. The smallest absolute Gasteiger partial charge is 0.0507 e. The average molecular weight is 254 g/mol. The van der Waals surface area contributed by atoms with Crippen LogP contribution >= 0.6 is 0 Å². The number of hydrogen-bond acceptors (Lipinski definition) is 3. The van der Waals surface area contributed by atoms with E-state index in [0.29, 0.717) is 0 Å². The van der Waals surface area contributed by atoms with Gasteiger partial charge in [-0.3, -0.25) is 4.90 Å². The summed E-state index contributed by atoms with van der Waals surface area (Å²) in [5.74, 6) is 1.56. The molecule has 3 atom stereocenters. The summed E-state index contributed by atoms with van der Waals surface area (Å²) in [6.45, 7) is 9.70. The number of hydrogen-bond donors (Lipinski definition) is 1. The fourth-order valence-electron chi connectivity index (χ4n) is 3.93. The van der Waals surface area contributed by atoms with Gasteiger partial charge in [0.25, 0.3) is 0 Å². The van der Waals surface area contributed by atoms with E-state index >= 15 is 0 Å². The minimum atomic E-state index is 0.273. The minimum Gasteiger partial charge on any atom is -0.381 e. The lowest BCUT2D eigenvalue weighted by atomic mass is 9.75. The summed E-state index contributed by atoms with van der Waals surface area (Å²) in [6, 6.07) is 0. The van der Waals surface area contributed by atoms with Crippen LogP contribution in [0.2, 0.25) is 0 Å². The summed E-state index contributed by atoms with van der Waals surface area (Å²) in [5.41, 5.74) is 6.45. The Hall–Kier alpha value is -0.120. The quantitative estimate of drug-likeness (QED) is 0.818. The maximum absolute atomic E-state index is 6.18. The van der Waals surface area contributed by atoms with Crippen molar-refractivity contribution in [3.05, 3.63) is 0 Å². The number of nitrogens with zero attached hydrogens (tertiary/aromatic N) is 1. The molecule has 18 heavy (non-hydrogen) atoms. The predicted octanol–water partition coefficient (Wildman–Crippen LogP) is 2.25.